The van der Waals surface area contributed by atoms with Crippen molar-refractivity contribution in [3.05, 3.63) is 0 Å². The smallest absolute Gasteiger partial charge is 0.137 e. The van der Waals surface area contributed by atoms with Gasteiger partial charge in [-0.25, -0.2) is 0 Å². The van der Waals surface area contributed by atoms with Gasteiger partial charge < -0.3 is 24.9 Å². The Morgan fingerprint density at radius 2 is 2.25 bits per heavy atom. The number of fused-ring (bicyclic) bond motifs is 2. The first-order chi connectivity index (χ1) is 7.34. The molecule has 2 bridgehead atoms. The van der Waals surface area contributed by atoms with Gasteiger partial charge in [0.1, 0.15) is 11.7 Å². The van der Waals surface area contributed by atoms with Crippen molar-refractivity contribution < 1.29 is 14.6 Å². The van der Waals surface area contributed by atoms with Crippen LogP contribution < -0.4 is 10.4 Å². The van der Waals surface area contributed by atoms with Gasteiger partial charge in [-0.1, -0.05) is 20.8 Å². The third-order valence-corrected chi connectivity index (χ3v) is 3.67. The Bertz CT molecular complexity index is 300. The third kappa shape index (κ3) is 1.78. The van der Waals surface area contributed by atoms with Crippen LogP contribution in [0.1, 0.15) is 20.8 Å². The fraction of sp³-hybridized carbons (Fsp3) is 0.909. The Morgan fingerprint density at radius 1 is 1.56 bits per heavy atom. The van der Waals surface area contributed by atoms with E-state index in [4.69, 9.17) is 4.74 Å². The minimum Gasteiger partial charge on any atom is -0.530 e. The molecule has 2 atom stereocenters. The molecule has 0 aromatic rings. The predicted molar refractivity (Wildman–Crippen MR) is 56.9 cm³/mol. The SMILES string of the molecule is CC(C)(C)C12CNCC(CN(C(=O)[O-])C1)O2. The van der Waals surface area contributed by atoms with E-state index in [-0.39, 0.29) is 11.5 Å². The minimum absolute atomic E-state index is 0.0559. The molecule has 2 heterocycles. The van der Waals surface area contributed by atoms with Gasteiger partial charge in [0, 0.05) is 26.2 Å². The maximum Gasteiger partial charge on any atom is 0.137 e. The van der Waals surface area contributed by atoms with E-state index >= 15 is 0 Å². The fourth-order valence-corrected chi connectivity index (χ4v) is 2.47. The monoisotopic (exact) mass is 227 g/mol. The van der Waals surface area contributed by atoms with Crippen LogP contribution in [0.5, 0.6) is 0 Å². The van der Waals surface area contributed by atoms with Gasteiger partial charge >= 0.3 is 0 Å². The molecule has 16 heavy (non-hydrogen) atoms. The fourth-order valence-electron chi connectivity index (χ4n) is 2.47. The van der Waals surface area contributed by atoms with Gasteiger partial charge in [0.05, 0.1) is 6.10 Å². The second-order valence-electron chi connectivity index (χ2n) is 5.76. The van der Waals surface area contributed by atoms with Crippen molar-refractivity contribution in [1.29, 1.82) is 0 Å². The summed E-state index contributed by atoms with van der Waals surface area (Å²) in [6.07, 6.45) is -1.15. The second kappa shape index (κ2) is 3.60. The van der Waals surface area contributed by atoms with Gasteiger partial charge in [-0.15, -0.1) is 0 Å². The summed E-state index contributed by atoms with van der Waals surface area (Å²) in [6.45, 7) is 8.44. The summed E-state index contributed by atoms with van der Waals surface area (Å²) in [4.78, 5) is 12.4. The topological polar surface area (TPSA) is 64.6 Å². The Balaban J connectivity index is 2.26. The molecule has 1 N–H and O–H groups in total. The second-order valence-corrected chi connectivity index (χ2v) is 5.76. The molecule has 0 spiro atoms. The molecular formula is C11H19N2O3-. The molecule has 1 amide bonds. The van der Waals surface area contributed by atoms with E-state index in [0.717, 1.165) is 0 Å². The van der Waals surface area contributed by atoms with Crippen LogP contribution in [-0.4, -0.2) is 48.9 Å². The van der Waals surface area contributed by atoms with Crippen LogP contribution in [0.15, 0.2) is 0 Å². The number of carboxylic acid groups (broad SMARTS) is 1. The molecule has 2 unspecified atom stereocenters. The van der Waals surface area contributed by atoms with E-state index in [9.17, 15) is 9.90 Å². The largest absolute Gasteiger partial charge is 0.530 e. The van der Waals surface area contributed by atoms with Crippen LogP contribution in [0.25, 0.3) is 0 Å². The first-order valence-corrected chi connectivity index (χ1v) is 5.68. The number of nitrogens with zero attached hydrogens (tertiary/aromatic N) is 1. The standard InChI is InChI=1S/C11H20N2O3/c1-10(2,3)11-6-12-4-8(16-11)5-13(7-11)9(14)15/h8,12H,4-7H2,1-3H3,(H,14,15)/p-1. The summed E-state index contributed by atoms with van der Waals surface area (Å²) >= 11 is 0. The number of ether oxygens (including phenoxy) is 1. The molecule has 5 nitrogen and oxygen atoms in total. The van der Waals surface area contributed by atoms with Gasteiger partial charge in [0.25, 0.3) is 0 Å². The maximum atomic E-state index is 11.0. The highest BCUT2D eigenvalue weighted by Crippen LogP contribution is 2.39. The number of rotatable bonds is 0. The van der Waals surface area contributed by atoms with E-state index in [0.29, 0.717) is 26.2 Å². The zero-order valence-electron chi connectivity index (χ0n) is 10.1. The zero-order valence-corrected chi connectivity index (χ0v) is 10.1. The number of carbonyl (C=O) groups excluding carboxylic acids is 1. The van der Waals surface area contributed by atoms with Crippen LogP contribution in [0.2, 0.25) is 0 Å². The average Bonchev–Trinajstić information content (AvgIpc) is 2.15. The van der Waals surface area contributed by atoms with Crippen LogP contribution in [0.4, 0.5) is 4.79 Å². The van der Waals surface area contributed by atoms with Gasteiger partial charge in [0.2, 0.25) is 0 Å². The van der Waals surface area contributed by atoms with Crippen LogP contribution >= 0.6 is 0 Å². The molecule has 0 saturated carbocycles. The predicted octanol–water partition coefficient (Wildman–Crippen LogP) is -0.581. The summed E-state index contributed by atoms with van der Waals surface area (Å²) in [7, 11) is 0. The van der Waals surface area contributed by atoms with E-state index < -0.39 is 11.7 Å². The maximum absolute atomic E-state index is 11.0. The summed E-state index contributed by atoms with van der Waals surface area (Å²) < 4.78 is 6.06. The first-order valence-electron chi connectivity index (χ1n) is 5.68. The van der Waals surface area contributed by atoms with E-state index in [2.05, 4.69) is 26.1 Å². The summed E-state index contributed by atoms with van der Waals surface area (Å²) in [5, 5.41) is 14.3. The minimum atomic E-state index is -1.09. The lowest BCUT2D eigenvalue weighted by Crippen LogP contribution is -2.71. The van der Waals surface area contributed by atoms with Crippen molar-refractivity contribution in [3.63, 3.8) is 0 Å². The van der Waals surface area contributed by atoms with Crippen molar-refractivity contribution in [2.24, 2.45) is 5.41 Å². The van der Waals surface area contributed by atoms with E-state index in [1.165, 1.54) is 4.90 Å². The lowest BCUT2D eigenvalue weighted by molar-refractivity contribution is -0.284. The molecule has 0 aromatic carbocycles. The third-order valence-electron chi connectivity index (χ3n) is 3.67. The summed E-state index contributed by atoms with van der Waals surface area (Å²) in [5.74, 6) is 0. The van der Waals surface area contributed by atoms with Crippen molar-refractivity contribution in [2.75, 3.05) is 26.2 Å². The normalized spacial score (nSPS) is 34.9. The summed E-state index contributed by atoms with van der Waals surface area (Å²) in [6, 6.07) is 0. The molecule has 2 aliphatic heterocycles. The van der Waals surface area contributed by atoms with Gasteiger partial charge in [0.15, 0.2) is 0 Å². The summed E-state index contributed by atoms with van der Waals surface area (Å²) in [5.41, 5.74) is -0.541. The molecule has 2 saturated heterocycles. The lowest BCUT2D eigenvalue weighted by Gasteiger charge is -2.56. The number of nitrogens with one attached hydrogen (secondary N) is 1. The Kier molecular flexibility index (Phi) is 2.62. The van der Waals surface area contributed by atoms with Crippen molar-refractivity contribution in [1.82, 2.24) is 10.2 Å². The van der Waals surface area contributed by atoms with Crippen LogP contribution in [0, 0.1) is 5.41 Å². The van der Waals surface area contributed by atoms with E-state index in [1.54, 1.807) is 0 Å². The van der Waals surface area contributed by atoms with Gasteiger partial charge in [-0.05, 0) is 5.41 Å². The number of hydrogen-bond donors (Lipinski definition) is 1. The molecule has 92 valence electrons. The number of carbonyl (C=O) groups is 1. The number of amides is 1. The highest BCUT2D eigenvalue weighted by molar-refractivity contribution is 5.63. The Morgan fingerprint density at radius 3 is 2.81 bits per heavy atom. The van der Waals surface area contributed by atoms with Crippen molar-refractivity contribution in [2.45, 2.75) is 32.5 Å². The van der Waals surface area contributed by atoms with Crippen molar-refractivity contribution in [3.8, 4) is 0 Å². The quantitative estimate of drug-likeness (QED) is 0.601. The zero-order chi connectivity index (χ0) is 12.0. The van der Waals surface area contributed by atoms with Gasteiger partial charge in [-0.3, -0.25) is 0 Å². The lowest BCUT2D eigenvalue weighted by atomic mass is 9.74. The van der Waals surface area contributed by atoms with Crippen molar-refractivity contribution >= 4 is 6.09 Å². The average molecular weight is 227 g/mol. The molecule has 0 radical (unpaired) electrons. The number of hydrogen-bond acceptors (Lipinski definition) is 4. The molecule has 5 heteroatoms. The number of morpholine rings is 2. The molecule has 0 aliphatic carbocycles. The Labute approximate surface area is 95.8 Å². The highest BCUT2D eigenvalue weighted by Gasteiger charge is 2.50. The first kappa shape index (κ1) is 11.7. The van der Waals surface area contributed by atoms with Crippen LogP contribution in [0.3, 0.4) is 0 Å². The van der Waals surface area contributed by atoms with Gasteiger partial charge in [-0.2, -0.15) is 0 Å². The Hall–Kier alpha value is -0.810. The molecule has 2 fully saturated rings. The van der Waals surface area contributed by atoms with E-state index in [1.807, 2.05) is 0 Å². The molecule has 2 rings (SSSR count). The van der Waals surface area contributed by atoms with Crippen LogP contribution in [-0.2, 0) is 4.74 Å². The molecular weight excluding hydrogens is 208 g/mol. The molecule has 0 aromatic heterocycles. The highest BCUT2D eigenvalue weighted by atomic mass is 16.5. The molecule has 2 aliphatic rings.